The molecule has 2 N–H and O–H groups in total. The lowest BCUT2D eigenvalue weighted by Crippen LogP contribution is -2.14. The number of amides is 1. The SMILES string of the molecule is CC(C)c1nnc(NC(=O)CSCCC(=O)O)o1. The van der Waals surface area contributed by atoms with Gasteiger partial charge in [0.05, 0.1) is 12.2 Å². The zero-order valence-corrected chi connectivity index (χ0v) is 11.0. The van der Waals surface area contributed by atoms with Crippen molar-refractivity contribution in [3.8, 4) is 0 Å². The van der Waals surface area contributed by atoms with Crippen LogP contribution in [0.15, 0.2) is 4.42 Å². The molecule has 0 unspecified atom stereocenters. The highest BCUT2D eigenvalue weighted by atomic mass is 32.2. The van der Waals surface area contributed by atoms with Gasteiger partial charge in [-0.15, -0.1) is 5.10 Å². The monoisotopic (exact) mass is 273 g/mol. The zero-order chi connectivity index (χ0) is 13.5. The second-order valence-electron chi connectivity index (χ2n) is 3.84. The van der Waals surface area contributed by atoms with Crippen LogP contribution in [0.4, 0.5) is 6.01 Å². The van der Waals surface area contributed by atoms with Gasteiger partial charge in [0.1, 0.15) is 0 Å². The van der Waals surface area contributed by atoms with Gasteiger partial charge in [0.15, 0.2) is 0 Å². The second kappa shape index (κ2) is 7.00. The summed E-state index contributed by atoms with van der Waals surface area (Å²) in [6.45, 7) is 3.81. The number of aliphatic carboxylic acids is 1. The number of hydrogen-bond acceptors (Lipinski definition) is 6. The first kappa shape index (κ1) is 14.5. The van der Waals surface area contributed by atoms with E-state index < -0.39 is 5.97 Å². The Kier molecular flexibility index (Phi) is 5.63. The van der Waals surface area contributed by atoms with Gasteiger partial charge < -0.3 is 9.52 Å². The average molecular weight is 273 g/mol. The highest BCUT2D eigenvalue weighted by Crippen LogP contribution is 2.15. The van der Waals surface area contributed by atoms with Crippen molar-refractivity contribution in [3.63, 3.8) is 0 Å². The smallest absolute Gasteiger partial charge is 0.322 e. The number of aromatic nitrogens is 2. The number of carboxylic acids is 1. The van der Waals surface area contributed by atoms with Gasteiger partial charge in [0.25, 0.3) is 0 Å². The van der Waals surface area contributed by atoms with Gasteiger partial charge in [0.2, 0.25) is 11.8 Å². The van der Waals surface area contributed by atoms with Crippen LogP contribution in [0.5, 0.6) is 0 Å². The van der Waals surface area contributed by atoms with Crippen molar-refractivity contribution in [2.45, 2.75) is 26.2 Å². The van der Waals surface area contributed by atoms with Gasteiger partial charge >= 0.3 is 12.0 Å². The standard InChI is InChI=1S/C10H15N3O4S/c1-6(2)9-12-13-10(17-9)11-7(14)5-18-4-3-8(15)16/h6H,3-5H2,1-2H3,(H,15,16)(H,11,13,14). The quantitative estimate of drug-likeness (QED) is 0.722. The highest BCUT2D eigenvalue weighted by molar-refractivity contribution is 7.99. The minimum Gasteiger partial charge on any atom is -0.481 e. The Labute approximate surface area is 108 Å². The van der Waals surface area contributed by atoms with Crippen LogP contribution in [0, 0.1) is 0 Å². The van der Waals surface area contributed by atoms with Crippen molar-refractivity contribution in [1.82, 2.24) is 10.2 Å². The molecule has 0 saturated carbocycles. The van der Waals surface area contributed by atoms with Crippen LogP contribution in [0.1, 0.15) is 32.1 Å². The number of nitrogens with zero attached hydrogens (tertiary/aromatic N) is 2. The molecule has 1 rings (SSSR count). The van der Waals surface area contributed by atoms with Crippen LogP contribution in [-0.4, -0.2) is 38.7 Å². The van der Waals surface area contributed by atoms with E-state index in [0.29, 0.717) is 11.6 Å². The predicted octanol–water partition coefficient (Wildman–Crippen LogP) is 1.34. The number of carbonyl (C=O) groups is 2. The van der Waals surface area contributed by atoms with Gasteiger partial charge in [-0.2, -0.15) is 11.8 Å². The van der Waals surface area contributed by atoms with Crippen molar-refractivity contribution in [1.29, 1.82) is 0 Å². The molecule has 0 atom stereocenters. The fraction of sp³-hybridized carbons (Fsp3) is 0.600. The molecule has 0 aromatic carbocycles. The maximum atomic E-state index is 11.4. The Morgan fingerprint density at radius 1 is 1.44 bits per heavy atom. The minimum absolute atomic E-state index is 0.0377. The molecule has 0 fully saturated rings. The summed E-state index contributed by atoms with van der Waals surface area (Å²) in [4.78, 5) is 21.7. The van der Waals surface area contributed by atoms with Crippen molar-refractivity contribution < 1.29 is 19.1 Å². The third-order valence-electron chi connectivity index (χ3n) is 1.87. The number of thioether (sulfide) groups is 1. The fourth-order valence-corrected chi connectivity index (χ4v) is 1.72. The summed E-state index contributed by atoms with van der Waals surface area (Å²) >= 11 is 1.24. The molecule has 0 spiro atoms. The van der Waals surface area contributed by atoms with Crippen molar-refractivity contribution in [3.05, 3.63) is 5.89 Å². The van der Waals surface area contributed by atoms with E-state index in [1.54, 1.807) is 0 Å². The lowest BCUT2D eigenvalue weighted by molar-refractivity contribution is -0.136. The normalized spacial score (nSPS) is 10.6. The van der Waals surface area contributed by atoms with Crippen LogP contribution in [0.2, 0.25) is 0 Å². The van der Waals surface area contributed by atoms with Gasteiger partial charge in [-0.1, -0.05) is 18.9 Å². The molecule has 1 aromatic heterocycles. The number of carboxylic acid groups (broad SMARTS) is 1. The molecule has 0 aliphatic carbocycles. The first-order valence-electron chi connectivity index (χ1n) is 5.42. The molecule has 0 bridgehead atoms. The molecular weight excluding hydrogens is 258 g/mol. The number of hydrogen-bond donors (Lipinski definition) is 2. The Bertz CT molecular complexity index is 419. The fourth-order valence-electron chi connectivity index (χ4n) is 0.998. The van der Waals surface area contributed by atoms with Crippen LogP contribution in [0.3, 0.4) is 0 Å². The third-order valence-corrected chi connectivity index (χ3v) is 2.83. The van der Waals surface area contributed by atoms with Crippen LogP contribution >= 0.6 is 11.8 Å². The average Bonchev–Trinajstić information content (AvgIpc) is 2.72. The summed E-state index contributed by atoms with van der Waals surface area (Å²) in [5, 5.41) is 18.3. The van der Waals surface area contributed by atoms with E-state index in [4.69, 9.17) is 9.52 Å². The van der Waals surface area contributed by atoms with E-state index in [9.17, 15) is 9.59 Å². The van der Waals surface area contributed by atoms with E-state index in [-0.39, 0.29) is 30.0 Å². The maximum Gasteiger partial charge on any atom is 0.322 e. The largest absolute Gasteiger partial charge is 0.481 e. The number of anilines is 1. The first-order chi connectivity index (χ1) is 8.49. The van der Waals surface area contributed by atoms with Crippen LogP contribution in [-0.2, 0) is 9.59 Å². The molecule has 0 saturated heterocycles. The molecule has 18 heavy (non-hydrogen) atoms. The lowest BCUT2D eigenvalue weighted by atomic mass is 10.2. The summed E-state index contributed by atoms with van der Waals surface area (Å²) in [6, 6.07) is 0.0718. The van der Waals surface area contributed by atoms with E-state index in [1.807, 2.05) is 13.8 Å². The van der Waals surface area contributed by atoms with E-state index in [1.165, 1.54) is 11.8 Å². The molecule has 0 aliphatic rings. The molecule has 0 aliphatic heterocycles. The number of rotatable bonds is 7. The second-order valence-corrected chi connectivity index (χ2v) is 4.95. The molecule has 100 valence electrons. The van der Waals surface area contributed by atoms with Gasteiger partial charge in [0, 0.05) is 11.7 Å². The molecule has 8 heteroatoms. The molecule has 0 radical (unpaired) electrons. The molecular formula is C10H15N3O4S. The molecule has 7 nitrogen and oxygen atoms in total. The number of nitrogens with one attached hydrogen (secondary N) is 1. The summed E-state index contributed by atoms with van der Waals surface area (Å²) in [6.07, 6.45) is 0.0377. The van der Waals surface area contributed by atoms with Gasteiger partial charge in [-0.25, -0.2) is 0 Å². The molecule has 1 heterocycles. The Balaban J connectivity index is 2.28. The Morgan fingerprint density at radius 3 is 2.72 bits per heavy atom. The topological polar surface area (TPSA) is 105 Å². The van der Waals surface area contributed by atoms with Crippen molar-refractivity contribution >= 4 is 29.7 Å². The van der Waals surface area contributed by atoms with Crippen LogP contribution in [0.25, 0.3) is 0 Å². The lowest BCUT2D eigenvalue weighted by Gasteiger charge is -2.00. The van der Waals surface area contributed by atoms with Gasteiger partial charge in [-0.3, -0.25) is 14.9 Å². The van der Waals surface area contributed by atoms with Crippen LogP contribution < -0.4 is 5.32 Å². The predicted molar refractivity (Wildman–Crippen MR) is 66.6 cm³/mol. The minimum atomic E-state index is -0.874. The van der Waals surface area contributed by atoms with E-state index >= 15 is 0 Å². The van der Waals surface area contributed by atoms with Crippen molar-refractivity contribution in [2.24, 2.45) is 0 Å². The summed E-state index contributed by atoms with van der Waals surface area (Å²) in [7, 11) is 0. The zero-order valence-electron chi connectivity index (χ0n) is 10.2. The highest BCUT2D eigenvalue weighted by Gasteiger charge is 2.12. The number of carbonyl (C=O) groups excluding carboxylic acids is 1. The summed E-state index contributed by atoms with van der Waals surface area (Å²) in [5.74, 6) is -0.0427. The Morgan fingerprint density at radius 2 is 2.17 bits per heavy atom. The molecule has 1 aromatic rings. The summed E-state index contributed by atoms with van der Waals surface area (Å²) in [5.41, 5.74) is 0. The first-order valence-corrected chi connectivity index (χ1v) is 6.57. The third kappa shape index (κ3) is 5.17. The van der Waals surface area contributed by atoms with Gasteiger partial charge in [-0.05, 0) is 0 Å². The summed E-state index contributed by atoms with van der Waals surface area (Å²) < 4.78 is 5.20. The Hall–Kier alpha value is -1.57. The molecule has 1 amide bonds. The van der Waals surface area contributed by atoms with Crippen molar-refractivity contribution in [2.75, 3.05) is 16.8 Å². The van der Waals surface area contributed by atoms with E-state index in [2.05, 4.69) is 15.5 Å². The maximum absolute atomic E-state index is 11.4. The van der Waals surface area contributed by atoms with E-state index in [0.717, 1.165) is 0 Å².